The maximum Gasteiger partial charge on any atom is 0.0700 e. The van der Waals surface area contributed by atoms with Crippen LogP contribution in [0.15, 0.2) is 22.7 Å². The Morgan fingerprint density at radius 3 is 3.00 bits per heavy atom. The summed E-state index contributed by atoms with van der Waals surface area (Å²) in [7, 11) is 1.69. The molecule has 4 heteroatoms. The molecule has 1 atom stereocenters. The first-order valence-corrected chi connectivity index (χ1v) is 7.66. The highest BCUT2D eigenvalue weighted by molar-refractivity contribution is 9.10. The maximum atomic E-state index is 5.46. The summed E-state index contributed by atoms with van der Waals surface area (Å²) >= 11 is 3.53. The van der Waals surface area contributed by atoms with Gasteiger partial charge in [0.1, 0.15) is 0 Å². The van der Waals surface area contributed by atoms with E-state index in [1.54, 1.807) is 7.11 Å². The molecule has 0 saturated heterocycles. The molecule has 0 bridgehead atoms. The predicted octanol–water partition coefficient (Wildman–Crippen LogP) is 2.56. The fourth-order valence-electron chi connectivity index (χ4n) is 2.48. The van der Waals surface area contributed by atoms with E-state index in [0.717, 1.165) is 26.0 Å². The fraction of sp³-hybridized carbons (Fsp3) is 0.600. The largest absolute Gasteiger partial charge is 0.382 e. The molecular formula is C15H22BrNO2. The van der Waals surface area contributed by atoms with Crippen LogP contribution in [-0.4, -0.2) is 39.5 Å². The van der Waals surface area contributed by atoms with Crippen molar-refractivity contribution in [3.8, 4) is 0 Å². The molecule has 1 unspecified atom stereocenters. The van der Waals surface area contributed by atoms with E-state index in [4.69, 9.17) is 9.47 Å². The summed E-state index contributed by atoms with van der Waals surface area (Å²) < 4.78 is 11.6. The van der Waals surface area contributed by atoms with Crippen LogP contribution < -0.4 is 5.32 Å². The molecule has 1 aliphatic rings. The quantitative estimate of drug-likeness (QED) is 0.781. The second kappa shape index (κ2) is 8.00. The lowest BCUT2D eigenvalue weighted by Crippen LogP contribution is -2.36. The Morgan fingerprint density at radius 1 is 1.26 bits per heavy atom. The highest BCUT2D eigenvalue weighted by Gasteiger charge is 2.17. The van der Waals surface area contributed by atoms with Crippen molar-refractivity contribution in [2.24, 2.45) is 0 Å². The zero-order valence-corrected chi connectivity index (χ0v) is 13.0. The van der Waals surface area contributed by atoms with E-state index in [2.05, 4.69) is 39.4 Å². The Bertz CT molecular complexity index is 398. The van der Waals surface area contributed by atoms with Gasteiger partial charge < -0.3 is 14.8 Å². The van der Waals surface area contributed by atoms with Crippen LogP contribution in [0, 0.1) is 0 Å². The molecule has 0 aromatic heterocycles. The highest BCUT2D eigenvalue weighted by Crippen LogP contribution is 2.24. The van der Waals surface area contributed by atoms with Crippen LogP contribution in [0.3, 0.4) is 0 Å². The number of nitrogens with one attached hydrogen (secondary N) is 1. The van der Waals surface area contributed by atoms with E-state index in [0.29, 0.717) is 19.3 Å². The summed E-state index contributed by atoms with van der Waals surface area (Å²) in [5.41, 5.74) is 2.97. The first-order valence-electron chi connectivity index (χ1n) is 6.87. The first-order chi connectivity index (χ1) is 9.29. The van der Waals surface area contributed by atoms with E-state index in [1.165, 1.54) is 22.0 Å². The lowest BCUT2D eigenvalue weighted by molar-refractivity contribution is 0.0709. The van der Waals surface area contributed by atoms with Crippen molar-refractivity contribution in [3.63, 3.8) is 0 Å². The number of methoxy groups -OCH3 is 1. The van der Waals surface area contributed by atoms with Gasteiger partial charge in [-0.05, 0) is 42.5 Å². The Labute approximate surface area is 123 Å². The Hall–Kier alpha value is -0.420. The van der Waals surface area contributed by atoms with E-state index in [1.807, 2.05) is 0 Å². The van der Waals surface area contributed by atoms with E-state index in [-0.39, 0.29) is 0 Å². The standard InChI is InChI=1S/C15H22BrNO2/c1-18-8-9-19-7-6-17-15-5-3-12-10-14(16)4-2-13(12)11-15/h2,4,10,15,17H,3,5-9,11H2,1H3. The average molecular weight is 328 g/mol. The summed E-state index contributed by atoms with van der Waals surface area (Å²) in [5.74, 6) is 0. The third kappa shape index (κ3) is 4.88. The zero-order valence-electron chi connectivity index (χ0n) is 11.5. The fourth-order valence-corrected chi connectivity index (χ4v) is 2.89. The molecule has 0 heterocycles. The Morgan fingerprint density at radius 2 is 2.16 bits per heavy atom. The minimum absolute atomic E-state index is 0.583. The molecule has 2 rings (SSSR count). The van der Waals surface area contributed by atoms with Crippen LogP contribution >= 0.6 is 15.9 Å². The molecule has 0 fully saturated rings. The van der Waals surface area contributed by atoms with Crippen LogP contribution in [0.5, 0.6) is 0 Å². The molecule has 0 amide bonds. The third-order valence-corrected chi connectivity index (χ3v) is 4.00. The SMILES string of the molecule is COCCOCCNC1CCc2cc(Br)ccc2C1. The van der Waals surface area contributed by atoms with Crippen molar-refractivity contribution >= 4 is 15.9 Å². The van der Waals surface area contributed by atoms with Gasteiger partial charge in [0, 0.05) is 24.2 Å². The van der Waals surface area contributed by atoms with Crippen molar-refractivity contribution in [1.82, 2.24) is 5.32 Å². The molecule has 0 aliphatic heterocycles. The molecular weight excluding hydrogens is 306 g/mol. The van der Waals surface area contributed by atoms with Gasteiger partial charge in [-0.3, -0.25) is 0 Å². The number of rotatable bonds is 7. The number of halogens is 1. The molecule has 19 heavy (non-hydrogen) atoms. The second-order valence-corrected chi connectivity index (χ2v) is 5.83. The number of hydrogen-bond donors (Lipinski definition) is 1. The third-order valence-electron chi connectivity index (χ3n) is 3.51. The molecule has 0 spiro atoms. The van der Waals surface area contributed by atoms with Gasteiger partial charge in [-0.25, -0.2) is 0 Å². The molecule has 106 valence electrons. The lowest BCUT2D eigenvalue weighted by Gasteiger charge is -2.25. The summed E-state index contributed by atoms with van der Waals surface area (Å²) in [6.45, 7) is 3.03. The van der Waals surface area contributed by atoms with Gasteiger partial charge in [0.25, 0.3) is 0 Å². The van der Waals surface area contributed by atoms with Crippen LogP contribution in [0.4, 0.5) is 0 Å². The van der Waals surface area contributed by atoms with Gasteiger partial charge in [-0.2, -0.15) is 0 Å². The summed E-state index contributed by atoms with van der Waals surface area (Å²) in [4.78, 5) is 0. The monoisotopic (exact) mass is 327 g/mol. The molecule has 1 N–H and O–H groups in total. The van der Waals surface area contributed by atoms with Crippen LogP contribution in [-0.2, 0) is 22.3 Å². The molecule has 1 aromatic carbocycles. The molecule has 0 saturated carbocycles. The van der Waals surface area contributed by atoms with E-state index in [9.17, 15) is 0 Å². The second-order valence-electron chi connectivity index (χ2n) is 4.91. The van der Waals surface area contributed by atoms with Gasteiger partial charge in [0.2, 0.25) is 0 Å². The predicted molar refractivity (Wildman–Crippen MR) is 80.7 cm³/mol. The van der Waals surface area contributed by atoms with Crippen LogP contribution in [0.2, 0.25) is 0 Å². The van der Waals surface area contributed by atoms with Crippen LogP contribution in [0.1, 0.15) is 17.5 Å². The number of benzene rings is 1. The normalized spacial score (nSPS) is 18.3. The van der Waals surface area contributed by atoms with Gasteiger partial charge in [-0.15, -0.1) is 0 Å². The van der Waals surface area contributed by atoms with Crippen molar-refractivity contribution < 1.29 is 9.47 Å². The highest BCUT2D eigenvalue weighted by atomic mass is 79.9. The average Bonchev–Trinajstić information content (AvgIpc) is 2.43. The van der Waals surface area contributed by atoms with Crippen LogP contribution in [0.25, 0.3) is 0 Å². The van der Waals surface area contributed by atoms with Gasteiger partial charge in [-0.1, -0.05) is 22.0 Å². The Kier molecular flexibility index (Phi) is 6.31. The van der Waals surface area contributed by atoms with Crippen molar-refractivity contribution in [1.29, 1.82) is 0 Å². The van der Waals surface area contributed by atoms with Crippen molar-refractivity contribution in [2.45, 2.75) is 25.3 Å². The van der Waals surface area contributed by atoms with Gasteiger partial charge in [0.05, 0.1) is 19.8 Å². The molecule has 0 radical (unpaired) electrons. The lowest BCUT2D eigenvalue weighted by atomic mass is 9.88. The molecule has 1 aliphatic carbocycles. The number of hydrogen-bond acceptors (Lipinski definition) is 3. The zero-order chi connectivity index (χ0) is 13.5. The maximum absolute atomic E-state index is 5.46. The van der Waals surface area contributed by atoms with Crippen molar-refractivity contribution in [3.05, 3.63) is 33.8 Å². The molecule has 1 aromatic rings. The van der Waals surface area contributed by atoms with Crippen molar-refractivity contribution in [2.75, 3.05) is 33.5 Å². The van der Waals surface area contributed by atoms with Gasteiger partial charge in [0.15, 0.2) is 0 Å². The smallest absolute Gasteiger partial charge is 0.0700 e. The summed E-state index contributed by atoms with van der Waals surface area (Å²) in [6, 6.07) is 7.20. The Balaban J connectivity index is 1.69. The van der Waals surface area contributed by atoms with Gasteiger partial charge >= 0.3 is 0 Å². The number of fused-ring (bicyclic) bond motifs is 1. The number of ether oxygens (including phenoxy) is 2. The van der Waals surface area contributed by atoms with E-state index < -0.39 is 0 Å². The summed E-state index contributed by atoms with van der Waals surface area (Å²) in [5, 5.41) is 3.58. The minimum atomic E-state index is 0.583. The first kappa shape index (κ1) is 15.0. The molecule has 3 nitrogen and oxygen atoms in total. The number of aryl methyl sites for hydroxylation is 1. The minimum Gasteiger partial charge on any atom is -0.382 e. The summed E-state index contributed by atoms with van der Waals surface area (Å²) in [6.07, 6.45) is 3.50. The van der Waals surface area contributed by atoms with E-state index >= 15 is 0 Å². The topological polar surface area (TPSA) is 30.5 Å².